The number of hydrogen-bond acceptors (Lipinski definition) is 3. The zero-order valence-electron chi connectivity index (χ0n) is 15.0. The summed E-state index contributed by atoms with van der Waals surface area (Å²) < 4.78 is 5.78. The Morgan fingerprint density at radius 1 is 0.920 bits per heavy atom. The highest BCUT2D eigenvalue weighted by molar-refractivity contribution is 5.94. The molecule has 0 radical (unpaired) electrons. The molecule has 0 unspecified atom stereocenters. The standard InChI is InChI=1S/C21H26N2O2/c1-17(2)16-22-12-14-23(15-13-22)21(24)18-8-10-20(11-9-18)25-19-6-4-3-5-7-19/h3-11,17H,12-16H2,1-2H3. The van der Waals surface area contributed by atoms with Gasteiger partial charge in [0.2, 0.25) is 0 Å². The van der Waals surface area contributed by atoms with E-state index in [1.807, 2.05) is 59.5 Å². The molecule has 1 aliphatic rings. The topological polar surface area (TPSA) is 32.8 Å². The number of amides is 1. The van der Waals surface area contributed by atoms with E-state index in [0.29, 0.717) is 5.92 Å². The van der Waals surface area contributed by atoms with E-state index in [1.54, 1.807) is 0 Å². The van der Waals surface area contributed by atoms with Crippen LogP contribution in [0.4, 0.5) is 0 Å². The zero-order valence-corrected chi connectivity index (χ0v) is 15.0. The lowest BCUT2D eigenvalue weighted by Crippen LogP contribution is -2.49. The summed E-state index contributed by atoms with van der Waals surface area (Å²) in [5, 5.41) is 0. The summed E-state index contributed by atoms with van der Waals surface area (Å²) in [4.78, 5) is 17.0. The fraction of sp³-hybridized carbons (Fsp3) is 0.381. The number of nitrogens with zero attached hydrogens (tertiary/aromatic N) is 2. The Morgan fingerprint density at radius 2 is 1.52 bits per heavy atom. The van der Waals surface area contributed by atoms with Gasteiger partial charge in [-0.1, -0.05) is 32.0 Å². The summed E-state index contributed by atoms with van der Waals surface area (Å²) in [7, 11) is 0. The van der Waals surface area contributed by atoms with Crippen molar-refractivity contribution in [1.29, 1.82) is 0 Å². The van der Waals surface area contributed by atoms with Crippen LogP contribution in [-0.2, 0) is 0 Å². The third-order valence-corrected chi connectivity index (χ3v) is 4.36. The SMILES string of the molecule is CC(C)CN1CCN(C(=O)c2ccc(Oc3ccccc3)cc2)CC1. The van der Waals surface area contributed by atoms with Gasteiger partial charge in [0.05, 0.1) is 0 Å². The molecule has 0 saturated carbocycles. The molecule has 4 nitrogen and oxygen atoms in total. The third kappa shape index (κ3) is 4.83. The molecule has 0 spiro atoms. The first-order valence-electron chi connectivity index (χ1n) is 8.96. The van der Waals surface area contributed by atoms with Gasteiger partial charge in [0.25, 0.3) is 5.91 Å². The Bertz CT molecular complexity index is 675. The molecule has 0 aliphatic carbocycles. The maximum absolute atomic E-state index is 12.7. The van der Waals surface area contributed by atoms with Gasteiger partial charge in [-0.3, -0.25) is 9.69 Å². The van der Waals surface area contributed by atoms with Crippen LogP contribution >= 0.6 is 0 Å². The quantitative estimate of drug-likeness (QED) is 0.829. The largest absolute Gasteiger partial charge is 0.457 e. The summed E-state index contributed by atoms with van der Waals surface area (Å²) >= 11 is 0. The molecular weight excluding hydrogens is 312 g/mol. The first kappa shape index (κ1) is 17.5. The lowest BCUT2D eigenvalue weighted by Gasteiger charge is -2.35. The highest BCUT2D eigenvalue weighted by Gasteiger charge is 2.22. The summed E-state index contributed by atoms with van der Waals surface area (Å²) in [6, 6.07) is 17.1. The van der Waals surface area contributed by atoms with Crippen LogP contribution in [0.3, 0.4) is 0 Å². The maximum atomic E-state index is 12.7. The maximum Gasteiger partial charge on any atom is 0.253 e. The number of benzene rings is 2. The molecule has 2 aromatic carbocycles. The Morgan fingerprint density at radius 3 is 2.12 bits per heavy atom. The summed E-state index contributed by atoms with van der Waals surface area (Å²) in [6.07, 6.45) is 0. The van der Waals surface area contributed by atoms with Crippen molar-refractivity contribution < 1.29 is 9.53 Å². The van der Waals surface area contributed by atoms with E-state index in [-0.39, 0.29) is 5.91 Å². The Kier molecular flexibility index (Phi) is 5.71. The second kappa shape index (κ2) is 8.17. The summed E-state index contributed by atoms with van der Waals surface area (Å²) in [5.74, 6) is 2.31. The number of carbonyl (C=O) groups is 1. The van der Waals surface area contributed by atoms with E-state index >= 15 is 0 Å². The van der Waals surface area contributed by atoms with Crippen LogP contribution in [-0.4, -0.2) is 48.4 Å². The van der Waals surface area contributed by atoms with E-state index in [0.717, 1.165) is 49.8 Å². The van der Waals surface area contributed by atoms with Crippen molar-refractivity contribution in [2.24, 2.45) is 5.92 Å². The predicted molar refractivity (Wildman–Crippen MR) is 100 cm³/mol. The Balaban J connectivity index is 1.56. The number of rotatable bonds is 5. The first-order valence-corrected chi connectivity index (χ1v) is 8.96. The normalized spacial score (nSPS) is 15.4. The zero-order chi connectivity index (χ0) is 17.6. The van der Waals surface area contributed by atoms with Crippen molar-refractivity contribution in [3.05, 3.63) is 60.2 Å². The fourth-order valence-corrected chi connectivity index (χ4v) is 3.12. The van der Waals surface area contributed by atoms with Crippen molar-refractivity contribution in [2.45, 2.75) is 13.8 Å². The average Bonchev–Trinajstić information content (AvgIpc) is 2.63. The highest BCUT2D eigenvalue weighted by Crippen LogP contribution is 2.21. The molecule has 0 bridgehead atoms. The highest BCUT2D eigenvalue weighted by atomic mass is 16.5. The number of para-hydroxylation sites is 1. The van der Waals surface area contributed by atoms with Crippen molar-refractivity contribution >= 4 is 5.91 Å². The second-order valence-electron chi connectivity index (χ2n) is 6.93. The summed E-state index contributed by atoms with van der Waals surface area (Å²) in [6.45, 7) is 9.08. The first-order chi connectivity index (χ1) is 12.1. The van der Waals surface area contributed by atoms with Crippen LogP contribution in [0.25, 0.3) is 0 Å². The third-order valence-electron chi connectivity index (χ3n) is 4.36. The molecular formula is C21H26N2O2. The molecule has 1 saturated heterocycles. The lowest BCUT2D eigenvalue weighted by atomic mass is 10.1. The van der Waals surface area contributed by atoms with Crippen LogP contribution in [0.2, 0.25) is 0 Å². The molecule has 0 N–H and O–H groups in total. The predicted octanol–water partition coefficient (Wildman–Crippen LogP) is 3.89. The molecule has 3 rings (SSSR count). The van der Waals surface area contributed by atoms with Crippen molar-refractivity contribution in [3.63, 3.8) is 0 Å². The van der Waals surface area contributed by atoms with Gasteiger partial charge in [0.15, 0.2) is 0 Å². The van der Waals surface area contributed by atoms with Crippen molar-refractivity contribution in [3.8, 4) is 11.5 Å². The molecule has 2 aromatic rings. The molecule has 132 valence electrons. The Hall–Kier alpha value is -2.33. The number of hydrogen-bond donors (Lipinski definition) is 0. The minimum atomic E-state index is 0.107. The Labute approximate surface area is 150 Å². The number of ether oxygens (including phenoxy) is 1. The minimum absolute atomic E-state index is 0.107. The van der Waals surface area contributed by atoms with E-state index in [4.69, 9.17) is 4.74 Å². The van der Waals surface area contributed by atoms with E-state index in [9.17, 15) is 4.79 Å². The van der Waals surface area contributed by atoms with Crippen molar-refractivity contribution in [2.75, 3.05) is 32.7 Å². The molecule has 25 heavy (non-hydrogen) atoms. The van der Waals surface area contributed by atoms with E-state index in [2.05, 4.69) is 18.7 Å². The molecule has 0 aromatic heterocycles. The van der Waals surface area contributed by atoms with Crippen LogP contribution in [0.5, 0.6) is 11.5 Å². The monoisotopic (exact) mass is 338 g/mol. The molecule has 1 heterocycles. The van der Waals surface area contributed by atoms with Gasteiger partial charge in [0, 0.05) is 38.3 Å². The van der Waals surface area contributed by atoms with Gasteiger partial charge >= 0.3 is 0 Å². The molecule has 4 heteroatoms. The lowest BCUT2D eigenvalue weighted by molar-refractivity contribution is 0.0624. The van der Waals surface area contributed by atoms with E-state index < -0.39 is 0 Å². The van der Waals surface area contributed by atoms with Crippen LogP contribution in [0, 0.1) is 5.92 Å². The molecule has 0 atom stereocenters. The van der Waals surface area contributed by atoms with Gasteiger partial charge in [-0.05, 0) is 42.3 Å². The van der Waals surface area contributed by atoms with Gasteiger partial charge < -0.3 is 9.64 Å². The van der Waals surface area contributed by atoms with Gasteiger partial charge in [-0.25, -0.2) is 0 Å². The van der Waals surface area contributed by atoms with Gasteiger partial charge in [-0.2, -0.15) is 0 Å². The smallest absolute Gasteiger partial charge is 0.253 e. The minimum Gasteiger partial charge on any atom is -0.457 e. The van der Waals surface area contributed by atoms with Crippen LogP contribution < -0.4 is 4.74 Å². The number of piperazine rings is 1. The van der Waals surface area contributed by atoms with Gasteiger partial charge in [0.1, 0.15) is 11.5 Å². The summed E-state index contributed by atoms with van der Waals surface area (Å²) in [5.41, 5.74) is 0.720. The van der Waals surface area contributed by atoms with Gasteiger partial charge in [-0.15, -0.1) is 0 Å². The molecule has 1 fully saturated rings. The average molecular weight is 338 g/mol. The number of carbonyl (C=O) groups excluding carboxylic acids is 1. The fourth-order valence-electron chi connectivity index (χ4n) is 3.12. The van der Waals surface area contributed by atoms with Crippen LogP contribution in [0.15, 0.2) is 54.6 Å². The van der Waals surface area contributed by atoms with E-state index in [1.165, 1.54) is 0 Å². The molecule has 1 amide bonds. The van der Waals surface area contributed by atoms with Crippen LogP contribution in [0.1, 0.15) is 24.2 Å². The second-order valence-corrected chi connectivity index (χ2v) is 6.93. The van der Waals surface area contributed by atoms with Crippen molar-refractivity contribution in [1.82, 2.24) is 9.80 Å². The molecule has 1 aliphatic heterocycles.